The van der Waals surface area contributed by atoms with Gasteiger partial charge >= 0.3 is 12.1 Å². The summed E-state index contributed by atoms with van der Waals surface area (Å²) in [5.74, 6) is -0.301. The van der Waals surface area contributed by atoms with Crippen molar-refractivity contribution in [2.24, 2.45) is 11.7 Å². The molecule has 1 fully saturated rings. The third kappa shape index (κ3) is 8.81. The van der Waals surface area contributed by atoms with Crippen molar-refractivity contribution in [3.63, 3.8) is 0 Å². The molecule has 5 rings (SSSR count). The molecule has 0 aromatic heterocycles. The van der Waals surface area contributed by atoms with Gasteiger partial charge in [-0.2, -0.15) is 0 Å². The highest BCUT2D eigenvalue weighted by Crippen LogP contribution is 2.36. The molecule has 1 saturated heterocycles. The van der Waals surface area contributed by atoms with Crippen molar-refractivity contribution in [2.75, 3.05) is 23.3 Å². The molecule has 4 aromatic rings. The number of benzene rings is 4. The number of hydrogen-bond acceptors (Lipinski definition) is 6. The second-order valence-electron chi connectivity index (χ2n) is 13.0. The van der Waals surface area contributed by atoms with E-state index in [-0.39, 0.29) is 23.8 Å². The van der Waals surface area contributed by atoms with Gasteiger partial charge in [0, 0.05) is 35.6 Å². The molecule has 3 amide bonds. The number of piperidine rings is 1. The molecule has 0 spiro atoms. The topological polar surface area (TPSA) is 122 Å². The van der Waals surface area contributed by atoms with Crippen LogP contribution in [-0.4, -0.2) is 53.4 Å². The van der Waals surface area contributed by atoms with Crippen molar-refractivity contribution in [2.45, 2.75) is 58.2 Å². The van der Waals surface area contributed by atoms with Gasteiger partial charge in [0.25, 0.3) is 0 Å². The molecule has 1 aliphatic rings. The second-order valence-corrected chi connectivity index (χ2v) is 13.0. The lowest BCUT2D eigenvalue weighted by atomic mass is 9.87. The molecule has 2 atom stereocenters. The van der Waals surface area contributed by atoms with Gasteiger partial charge < -0.3 is 10.5 Å². The summed E-state index contributed by atoms with van der Waals surface area (Å²) in [5.41, 5.74) is 8.24. The standard InChI is InChI=1S/C40H43FN4O5/c1-27(46)32-11-7-13-35(25-32)43-39(49)50-40(3,44-21-19-31(20-22-44)23-30-15-17-34(41)18-16-30)37(24-29-9-5-4-6-10-29)45(38(42)48)36-14-8-12-33(26-36)28(2)47/h4-18,25-26,31,37H,19-24H2,1-3H3,(H2,42,48)(H,43,49)/t37-,40-/m0/s1. The van der Waals surface area contributed by atoms with Crippen LogP contribution in [0, 0.1) is 11.7 Å². The van der Waals surface area contributed by atoms with Gasteiger partial charge in [-0.1, -0.05) is 66.7 Å². The van der Waals surface area contributed by atoms with Crippen LogP contribution in [-0.2, 0) is 17.6 Å². The Balaban J connectivity index is 1.54. The van der Waals surface area contributed by atoms with E-state index < -0.39 is 23.9 Å². The number of carbonyl (C=O) groups is 4. The lowest BCUT2D eigenvalue weighted by molar-refractivity contribution is -0.123. The Kier molecular flexibility index (Phi) is 11.4. The number of anilines is 2. The summed E-state index contributed by atoms with van der Waals surface area (Å²) in [6.07, 6.45) is 1.77. The maximum absolute atomic E-state index is 13.9. The number of rotatable bonds is 12. The van der Waals surface area contributed by atoms with E-state index in [2.05, 4.69) is 10.2 Å². The number of hydrogen-bond donors (Lipinski definition) is 2. The highest BCUT2D eigenvalue weighted by Gasteiger charge is 2.49. The van der Waals surface area contributed by atoms with Gasteiger partial charge in [0.2, 0.25) is 0 Å². The molecule has 0 aliphatic carbocycles. The molecule has 260 valence electrons. The number of Topliss-reactive ketones (excluding diaryl/α,β-unsaturated/α-hetero) is 2. The fourth-order valence-corrected chi connectivity index (χ4v) is 6.72. The molecule has 0 saturated carbocycles. The summed E-state index contributed by atoms with van der Waals surface area (Å²) in [6.45, 7) is 5.74. The van der Waals surface area contributed by atoms with E-state index in [1.54, 1.807) is 67.6 Å². The van der Waals surface area contributed by atoms with Crippen LogP contribution < -0.4 is 16.0 Å². The molecule has 1 heterocycles. The van der Waals surface area contributed by atoms with Gasteiger partial charge in [0.1, 0.15) is 5.82 Å². The van der Waals surface area contributed by atoms with E-state index in [9.17, 15) is 23.6 Å². The Morgan fingerprint density at radius 2 is 1.48 bits per heavy atom. The summed E-state index contributed by atoms with van der Waals surface area (Å²) in [6, 6.07) is 27.7. The zero-order valence-corrected chi connectivity index (χ0v) is 28.6. The average Bonchev–Trinajstić information content (AvgIpc) is 3.09. The Labute approximate surface area is 292 Å². The third-order valence-corrected chi connectivity index (χ3v) is 9.47. The Morgan fingerprint density at radius 3 is 2.10 bits per heavy atom. The van der Waals surface area contributed by atoms with Gasteiger partial charge in [-0.25, -0.2) is 14.0 Å². The fraction of sp³-hybridized carbons (Fsp3) is 0.300. The van der Waals surface area contributed by atoms with E-state index in [4.69, 9.17) is 10.5 Å². The minimum absolute atomic E-state index is 0.150. The Bertz CT molecular complexity index is 1830. The first-order valence-corrected chi connectivity index (χ1v) is 16.8. The summed E-state index contributed by atoms with van der Waals surface area (Å²) < 4.78 is 20.0. The SMILES string of the molecule is CC(=O)c1cccc(NC(=O)O[C@@](C)([C@H](Cc2ccccc2)N(C(N)=O)c2cccc(C(C)=O)c2)N2CCC(Cc3ccc(F)cc3)CC2)c1. The van der Waals surface area contributed by atoms with E-state index in [1.165, 1.54) is 30.9 Å². The monoisotopic (exact) mass is 678 g/mol. The third-order valence-electron chi connectivity index (χ3n) is 9.47. The van der Waals surface area contributed by atoms with Crippen LogP contribution in [0.2, 0.25) is 0 Å². The smallest absolute Gasteiger partial charge is 0.413 e. The minimum Gasteiger partial charge on any atom is -0.425 e. The number of nitrogens with two attached hydrogens (primary N) is 1. The zero-order chi connectivity index (χ0) is 35.8. The van der Waals surface area contributed by atoms with Crippen molar-refractivity contribution in [1.82, 2.24) is 4.90 Å². The largest absolute Gasteiger partial charge is 0.425 e. The number of carbonyl (C=O) groups excluding carboxylic acids is 4. The molecule has 4 aromatic carbocycles. The van der Waals surface area contributed by atoms with E-state index in [0.717, 1.165) is 30.4 Å². The van der Waals surface area contributed by atoms with Gasteiger partial charge in [-0.3, -0.25) is 24.7 Å². The quantitative estimate of drug-likeness (QED) is 0.149. The first-order valence-electron chi connectivity index (χ1n) is 16.8. The average molecular weight is 679 g/mol. The van der Waals surface area contributed by atoms with Crippen LogP contribution in [0.15, 0.2) is 103 Å². The van der Waals surface area contributed by atoms with E-state index in [1.807, 2.05) is 30.3 Å². The number of halogens is 1. The Hall–Kier alpha value is -5.35. The van der Waals surface area contributed by atoms with Crippen LogP contribution in [0.1, 0.15) is 65.5 Å². The second kappa shape index (κ2) is 15.9. The molecule has 0 unspecified atom stereocenters. The van der Waals surface area contributed by atoms with Crippen molar-refractivity contribution in [1.29, 1.82) is 0 Å². The van der Waals surface area contributed by atoms with Crippen molar-refractivity contribution < 1.29 is 28.3 Å². The van der Waals surface area contributed by atoms with Gasteiger partial charge in [-0.15, -0.1) is 0 Å². The highest BCUT2D eigenvalue weighted by molar-refractivity contribution is 5.98. The van der Waals surface area contributed by atoms with E-state index in [0.29, 0.717) is 41.5 Å². The Morgan fingerprint density at radius 1 is 0.860 bits per heavy atom. The summed E-state index contributed by atoms with van der Waals surface area (Å²) >= 11 is 0. The van der Waals surface area contributed by atoms with Gasteiger partial charge in [0.15, 0.2) is 17.3 Å². The summed E-state index contributed by atoms with van der Waals surface area (Å²) in [4.78, 5) is 55.3. The number of nitrogens with zero attached hydrogens (tertiary/aromatic N) is 2. The summed E-state index contributed by atoms with van der Waals surface area (Å²) in [7, 11) is 0. The number of nitrogens with one attached hydrogen (secondary N) is 1. The zero-order valence-electron chi connectivity index (χ0n) is 28.6. The maximum atomic E-state index is 13.9. The molecule has 0 bridgehead atoms. The fourth-order valence-electron chi connectivity index (χ4n) is 6.72. The van der Waals surface area contributed by atoms with Crippen molar-refractivity contribution in [3.8, 4) is 0 Å². The molecule has 50 heavy (non-hydrogen) atoms. The molecule has 0 radical (unpaired) electrons. The van der Waals surface area contributed by atoms with Crippen LogP contribution in [0.25, 0.3) is 0 Å². The molecule has 10 heteroatoms. The maximum Gasteiger partial charge on any atom is 0.413 e. The van der Waals surface area contributed by atoms with Crippen LogP contribution in [0.3, 0.4) is 0 Å². The summed E-state index contributed by atoms with van der Waals surface area (Å²) in [5, 5.41) is 2.78. The predicted molar refractivity (Wildman–Crippen MR) is 192 cm³/mol. The van der Waals surface area contributed by atoms with Crippen LogP contribution in [0.4, 0.5) is 25.4 Å². The minimum atomic E-state index is -1.44. The number of amides is 3. The molecular weight excluding hydrogens is 635 g/mol. The first kappa shape index (κ1) is 35.9. The first-order chi connectivity index (χ1) is 23.9. The molecule has 1 aliphatic heterocycles. The van der Waals surface area contributed by atoms with Crippen molar-refractivity contribution in [3.05, 3.63) is 131 Å². The number of likely N-dealkylation sites (tertiary alicyclic amines) is 1. The van der Waals surface area contributed by atoms with Gasteiger partial charge in [-0.05, 0) is 99.9 Å². The molecular formula is C40H43FN4O5. The number of urea groups is 1. The van der Waals surface area contributed by atoms with E-state index >= 15 is 0 Å². The molecule has 3 N–H and O–H groups in total. The van der Waals surface area contributed by atoms with Crippen molar-refractivity contribution >= 4 is 35.1 Å². The van der Waals surface area contributed by atoms with Crippen LogP contribution >= 0.6 is 0 Å². The normalized spacial score (nSPS) is 15.4. The van der Waals surface area contributed by atoms with Gasteiger partial charge in [0.05, 0.1) is 6.04 Å². The lowest BCUT2D eigenvalue weighted by Gasteiger charge is -2.50. The number of ether oxygens (including phenoxy) is 1. The highest BCUT2D eigenvalue weighted by atomic mass is 19.1. The molecule has 9 nitrogen and oxygen atoms in total. The lowest BCUT2D eigenvalue weighted by Crippen LogP contribution is -2.67. The van der Waals surface area contributed by atoms with Crippen LogP contribution in [0.5, 0.6) is 0 Å². The number of ketones is 2. The number of primary amides is 1. The predicted octanol–water partition coefficient (Wildman–Crippen LogP) is 7.65.